The normalized spacial score (nSPS) is 18.8. The Labute approximate surface area is 135 Å². The summed E-state index contributed by atoms with van der Waals surface area (Å²) in [6, 6.07) is 5.97. The third kappa shape index (κ3) is 3.77. The Hall–Kier alpha value is -1.07. The SMILES string of the molecule is CCN1CCCC1CN(C)C(=O)c1cc(OC)ccc1Br. The number of ether oxygens (including phenoxy) is 1. The zero-order chi connectivity index (χ0) is 15.4. The summed E-state index contributed by atoms with van der Waals surface area (Å²) in [6.07, 6.45) is 2.40. The smallest absolute Gasteiger partial charge is 0.254 e. The van der Waals surface area contributed by atoms with Crippen molar-refractivity contribution in [3.05, 3.63) is 28.2 Å². The molecule has 1 aromatic rings. The van der Waals surface area contributed by atoms with Gasteiger partial charge in [-0.2, -0.15) is 0 Å². The Morgan fingerprint density at radius 1 is 1.52 bits per heavy atom. The molecule has 1 aliphatic heterocycles. The van der Waals surface area contributed by atoms with Crippen LogP contribution in [-0.4, -0.2) is 55.5 Å². The fourth-order valence-electron chi connectivity index (χ4n) is 2.92. The average Bonchev–Trinajstić information content (AvgIpc) is 2.94. The summed E-state index contributed by atoms with van der Waals surface area (Å²) in [7, 11) is 3.49. The summed E-state index contributed by atoms with van der Waals surface area (Å²) in [4.78, 5) is 16.9. The maximum absolute atomic E-state index is 12.6. The number of hydrogen-bond donors (Lipinski definition) is 0. The maximum Gasteiger partial charge on any atom is 0.254 e. The number of likely N-dealkylation sites (tertiary alicyclic amines) is 1. The minimum absolute atomic E-state index is 0.0312. The maximum atomic E-state index is 12.6. The van der Waals surface area contributed by atoms with Crippen molar-refractivity contribution in [1.82, 2.24) is 9.80 Å². The van der Waals surface area contributed by atoms with Crippen LogP contribution in [0.5, 0.6) is 5.75 Å². The lowest BCUT2D eigenvalue weighted by molar-refractivity contribution is 0.0753. The van der Waals surface area contributed by atoms with Gasteiger partial charge in [0.05, 0.1) is 12.7 Å². The molecule has 0 bridgehead atoms. The second-order valence-electron chi connectivity index (χ2n) is 5.46. The number of halogens is 1. The van der Waals surface area contributed by atoms with E-state index in [9.17, 15) is 4.79 Å². The van der Waals surface area contributed by atoms with Gasteiger partial charge in [0.2, 0.25) is 0 Å². The van der Waals surface area contributed by atoms with Crippen LogP contribution in [0.4, 0.5) is 0 Å². The van der Waals surface area contributed by atoms with Crippen LogP contribution in [-0.2, 0) is 0 Å². The molecule has 1 atom stereocenters. The molecule has 1 unspecified atom stereocenters. The fourth-order valence-corrected chi connectivity index (χ4v) is 3.33. The molecule has 2 rings (SSSR count). The molecule has 0 spiro atoms. The van der Waals surface area contributed by atoms with E-state index in [1.807, 2.05) is 24.1 Å². The van der Waals surface area contributed by atoms with Gasteiger partial charge in [0.25, 0.3) is 5.91 Å². The van der Waals surface area contributed by atoms with Crippen molar-refractivity contribution in [2.24, 2.45) is 0 Å². The number of likely N-dealkylation sites (N-methyl/N-ethyl adjacent to an activating group) is 2. The number of benzene rings is 1. The van der Waals surface area contributed by atoms with Crippen molar-refractivity contribution >= 4 is 21.8 Å². The average molecular weight is 355 g/mol. The van der Waals surface area contributed by atoms with Gasteiger partial charge in [-0.1, -0.05) is 6.92 Å². The molecular formula is C16H23BrN2O2. The van der Waals surface area contributed by atoms with Gasteiger partial charge in [0.1, 0.15) is 5.75 Å². The van der Waals surface area contributed by atoms with Crippen LogP contribution in [0.3, 0.4) is 0 Å². The van der Waals surface area contributed by atoms with Gasteiger partial charge in [-0.3, -0.25) is 9.69 Å². The van der Waals surface area contributed by atoms with Crippen molar-refractivity contribution in [3.8, 4) is 5.75 Å². The van der Waals surface area contributed by atoms with Crippen LogP contribution in [0, 0.1) is 0 Å². The van der Waals surface area contributed by atoms with Gasteiger partial charge in [0.15, 0.2) is 0 Å². The van der Waals surface area contributed by atoms with Gasteiger partial charge in [-0.05, 0) is 60.1 Å². The minimum Gasteiger partial charge on any atom is -0.497 e. The largest absolute Gasteiger partial charge is 0.497 e. The van der Waals surface area contributed by atoms with Crippen LogP contribution in [0.2, 0.25) is 0 Å². The molecule has 0 radical (unpaired) electrons. The number of carbonyl (C=O) groups is 1. The molecule has 5 heteroatoms. The van der Waals surface area contributed by atoms with Crippen LogP contribution >= 0.6 is 15.9 Å². The highest BCUT2D eigenvalue weighted by Crippen LogP contribution is 2.24. The van der Waals surface area contributed by atoms with Crippen LogP contribution in [0.1, 0.15) is 30.1 Å². The van der Waals surface area contributed by atoms with Crippen molar-refractivity contribution in [3.63, 3.8) is 0 Å². The number of rotatable bonds is 5. The molecule has 1 heterocycles. The number of methoxy groups -OCH3 is 1. The molecule has 0 saturated carbocycles. The van der Waals surface area contributed by atoms with Crippen molar-refractivity contribution in [2.45, 2.75) is 25.8 Å². The summed E-state index contributed by atoms with van der Waals surface area (Å²) >= 11 is 3.45. The van der Waals surface area contributed by atoms with E-state index in [1.165, 1.54) is 12.8 Å². The third-order valence-corrected chi connectivity index (χ3v) is 4.83. The van der Waals surface area contributed by atoms with Gasteiger partial charge in [0, 0.05) is 24.1 Å². The van der Waals surface area contributed by atoms with Crippen LogP contribution < -0.4 is 4.74 Å². The van der Waals surface area contributed by atoms with Gasteiger partial charge < -0.3 is 9.64 Å². The Balaban J connectivity index is 2.08. The highest BCUT2D eigenvalue weighted by Gasteiger charge is 2.26. The monoisotopic (exact) mass is 354 g/mol. The fraction of sp³-hybridized carbons (Fsp3) is 0.562. The molecule has 1 saturated heterocycles. The molecule has 21 heavy (non-hydrogen) atoms. The lowest BCUT2D eigenvalue weighted by Crippen LogP contribution is -2.41. The Kier molecular flexibility index (Phi) is 5.65. The van der Waals surface area contributed by atoms with Gasteiger partial charge in [-0.25, -0.2) is 0 Å². The van der Waals surface area contributed by atoms with E-state index >= 15 is 0 Å². The number of hydrogen-bond acceptors (Lipinski definition) is 3. The summed E-state index contributed by atoms with van der Waals surface area (Å²) in [6.45, 7) is 5.15. The number of amides is 1. The molecule has 0 aliphatic carbocycles. The summed E-state index contributed by atoms with van der Waals surface area (Å²) in [5.41, 5.74) is 0.651. The molecule has 1 amide bonds. The summed E-state index contributed by atoms with van der Waals surface area (Å²) in [5.74, 6) is 0.731. The first-order valence-corrected chi connectivity index (χ1v) is 8.19. The van der Waals surface area contributed by atoms with E-state index in [0.29, 0.717) is 17.4 Å². The Bertz CT molecular complexity index is 507. The van der Waals surface area contributed by atoms with Crippen molar-refractivity contribution in [2.75, 3.05) is 33.8 Å². The second-order valence-corrected chi connectivity index (χ2v) is 6.31. The van der Waals surface area contributed by atoms with E-state index in [-0.39, 0.29) is 5.91 Å². The third-order valence-electron chi connectivity index (χ3n) is 4.14. The second kappa shape index (κ2) is 7.27. The van der Waals surface area contributed by atoms with E-state index in [2.05, 4.69) is 27.8 Å². The summed E-state index contributed by atoms with van der Waals surface area (Å²) < 4.78 is 6.01. The lowest BCUT2D eigenvalue weighted by Gasteiger charge is -2.28. The first kappa shape index (κ1) is 16.3. The van der Waals surface area contributed by atoms with E-state index < -0.39 is 0 Å². The first-order valence-electron chi connectivity index (χ1n) is 7.39. The van der Waals surface area contributed by atoms with Gasteiger partial charge >= 0.3 is 0 Å². The van der Waals surface area contributed by atoms with Crippen molar-refractivity contribution in [1.29, 1.82) is 0 Å². The van der Waals surface area contributed by atoms with Crippen LogP contribution in [0.15, 0.2) is 22.7 Å². The number of nitrogens with zero attached hydrogens (tertiary/aromatic N) is 2. The predicted molar refractivity (Wildman–Crippen MR) is 87.9 cm³/mol. The zero-order valence-electron chi connectivity index (χ0n) is 12.9. The van der Waals surface area contributed by atoms with Crippen molar-refractivity contribution < 1.29 is 9.53 Å². The topological polar surface area (TPSA) is 32.8 Å². The molecule has 0 aromatic heterocycles. The van der Waals surface area contributed by atoms with Crippen LogP contribution in [0.25, 0.3) is 0 Å². The highest BCUT2D eigenvalue weighted by molar-refractivity contribution is 9.10. The molecule has 1 aliphatic rings. The Morgan fingerprint density at radius 3 is 2.95 bits per heavy atom. The number of carbonyl (C=O) groups excluding carboxylic acids is 1. The molecule has 4 nitrogen and oxygen atoms in total. The molecule has 1 aromatic carbocycles. The molecular weight excluding hydrogens is 332 g/mol. The zero-order valence-corrected chi connectivity index (χ0v) is 14.5. The summed E-state index contributed by atoms with van der Waals surface area (Å²) in [5, 5.41) is 0. The van der Waals surface area contributed by atoms with Gasteiger partial charge in [-0.15, -0.1) is 0 Å². The Morgan fingerprint density at radius 2 is 2.29 bits per heavy atom. The molecule has 0 N–H and O–H groups in total. The predicted octanol–water partition coefficient (Wildman–Crippen LogP) is 3.01. The van der Waals surface area contributed by atoms with E-state index in [1.54, 1.807) is 13.2 Å². The quantitative estimate of drug-likeness (QED) is 0.814. The van der Waals surface area contributed by atoms with E-state index in [4.69, 9.17) is 4.74 Å². The molecule has 116 valence electrons. The highest BCUT2D eigenvalue weighted by atomic mass is 79.9. The lowest BCUT2D eigenvalue weighted by atomic mass is 10.1. The standard InChI is InChI=1S/C16H23BrN2O2/c1-4-19-9-5-6-12(19)11-18(2)16(20)14-10-13(21-3)7-8-15(14)17/h7-8,10,12H,4-6,9,11H2,1-3H3. The first-order chi connectivity index (χ1) is 10.1. The molecule has 1 fully saturated rings. The van der Waals surface area contributed by atoms with E-state index in [0.717, 1.165) is 24.1 Å². The minimum atomic E-state index is 0.0312.